The number of nitrogens with zero attached hydrogens (tertiary/aromatic N) is 1. The highest BCUT2D eigenvalue weighted by atomic mass is 16.5. The van der Waals surface area contributed by atoms with Gasteiger partial charge in [0.05, 0.1) is 18.1 Å². The maximum absolute atomic E-state index is 11.2. The number of hydrogen-bond donors (Lipinski definition) is 2. The van der Waals surface area contributed by atoms with E-state index < -0.39 is 5.97 Å². The monoisotopic (exact) mass is 412 g/mol. The Bertz CT molecular complexity index is 723. The van der Waals surface area contributed by atoms with Crippen LogP contribution in [0, 0.1) is 11.8 Å². The average molecular weight is 413 g/mol. The highest BCUT2D eigenvalue weighted by molar-refractivity contribution is 5.69. The normalized spacial score (nSPS) is 36.1. The number of rotatable bonds is 6. The van der Waals surface area contributed by atoms with Crippen molar-refractivity contribution in [3.05, 3.63) is 35.9 Å². The molecule has 2 saturated carbocycles. The first kappa shape index (κ1) is 20.5. The fourth-order valence-corrected chi connectivity index (χ4v) is 6.15. The van der Waals surface area contributed by atoms with Crippen molar-refractivity contribution in [3.63, 3.8) is 0 Å². The van der Waals surface area contributed by atoms with E-state index in [4.69, 9.17) is 4.74 Å². The number of carboxylic acid groups (broad SMARTS) is 1. The molecule has 5 rings (SSSR count). The number of likely N-dealkylation sites (tertiary alicyclic amines) is 1. The Morgan fingerprint density at radius 3 is 2.57 bits per heavy atom. The molecular formula is C25H36N2O3. The molecule has 1 spiro atoms. The molecule has 3 atom stereocenters. The fraction of sp³-hybridized carbons (Fsp3) is 0.720. The fourth-order valence-electron chi connectivity index (χ4n) is 6.15. The summed E-state index contributed by atoms with van der Waals surface area (Å²) in [7, 11) is 0. The number of nitrogens with one attached hydrogen (secondary N) is 1. The second-order valence-electron chi connectivity index (χ2n) is 10.3. The summed E-state index contributed by atoms with van der Waals surface area (Å²) in [6, 6.07) is 12.0. The Morgan fingerprint density at radius 2 is 1.87 bits per heavy atom. The molecule has 2 heterocycles. The Hall–Kier alpha value is -1.43. The zero-order valence-corrected chi connectivity index (χ0v) is 18.0. The van der Waals surface area contributed by atoms with Gasteiger partial charge in [0.2, 0.25) is 0 Å². The van der Waals surface area contributed by atoms with Gasteiger partial charge >= 0.3 is 5.97 Å². The van der Waals surface area contributed by atoms with Crippen molar-refractivity contribution < 1.29 is 14.6 Å². The lowest BCUT2D eigenvalue weighted by molar-refractivity contribution is -0.143. The molecular weight excluding hydrogens is 376 g/mol. The largest absolute Gasteiger partial charge is 0.481 e. The van der Waals surface area contributed by atoms with E-state index in [0.717, 1.165) is 71.2 Å². The topological polar surface area (TPSA) is 61.8 Å². The predicted molar refractivity (Wildman–Crippen MR) is 117 cm³/mol. The van der Waals surface area contributed by atoms with E-state index in [1.807, 2.05) is 0 Å². The van der Waals surface area contributed by atoms with Crippen molar-refractivity contribution in [2.75, 3.05) is 26.2 Å². The van der Waals surface area contributed by atoms with Crippen molar-refractivity contribution in [2.45, 2.75) is 75.0 Å². The number of carbonyl (C=O) groups is 1. The van der Waals surface area contributed by atoms with Gasteiger partial charge in [-0.2, -0.15) is 0 Å². The van der Waals surface area contributed by atoms with Crippen LogP contribution in [0.5, 0.6) is 0 Å². The summed E-state index contributed by atoms with van der Waals surface area (Å²) < 4.78 is 6.39. The molecule has 0 radical (unpaired) electrons. The first-order valence-electron chi connectivity index (χ1n) is 12.0. The van der Waals surface area contributed by atoms with E-state index >= 15 is 0 Å². The van der Waals surface area contributed by atoms with E-state index in [9.17, 15) is 9.90 Å². The van der Waals surface area contributed by atoms with Crippen LogP contribution in [0.3, 0.4) is 0 Å². The molecule has 5 nitrogen and oxygen atoms in total. The Morgan fingerprint density at radius 1 is 1.13 bits per heavy atom. The molecule has 2 aliphatic heterocycles. The van der Waals surface area contributed by atoms with E-state index in [1.165, 1.54) is 12.0 Å². The molecule has 0 amide bonds. The summed E-state index contributed by atoms with van der Waals surface area (Å²) in [6.45, 7) is 4.26. The molecule has 0 aromatic heterocycles. The second-order valence-corrected chi connectivity index (χ2v) is 10.3. The SMILES string of the molecule is O=C(O)C1CCC(CN2CCC3(CC2)CC(N[C@@H]2C[C@H]2c2ccccc2)CO3)CC1. The van der Waals surface area contributed by atoms with E-state index in [1.54, 1.807) is 0 Å². The third kappa shape index (κ3) is 4.58. The minimum Gasteiger partial charge on any atom is -0.481 e. The summed E-state index contributed by atoms with van der Waals surface area (Å²) in [5.41, 5.74) is 1.56. The second kappa shape index (κ2) is 8.60. The minimum atomic E-state index is -0.601. The number of benzene rings is 1. The molecule has 5 heteroatoms. The van der Waals surface area contributed by atoms with Crippen molar-refractivity contribution >= 4 is 5.97 Å². The third-order valence-electron chi connectivity index (χ3n) is 8.16. The lowest BCUT2D eigenvalue weighted by atomic mass is 9.81. The van der Waals surface area contributed by atoms with Crippen molar-refractivity contribution in [1.82, 2.24) is 10.2 Å². The first-order valence-corrected chi connectivity index (χ1v) is 12.0. The van der Waals surface area contributed by atoms with Crippen LogP contribution in [-0.2, 0) is 9.53 Å². The molecule has 2 N–H and O–H groups in total. The average Bonchev–Trinajstić information content (AvgIpc) is 3.43. The third-order valence-corrected chi connectivity index (χ3v) is 8.16. The molecule has 2 saturated heterocycles. The molecule has 1 unspecified atom stereocenters. The molecule has 4 fully saturated rings. The summed E-state index contributed by atoms with van der Waals surface area (Å²) >= 11 is 0. The molecule has 1 aromatic rings. The van der Waals surface area contributed by atoms with E-state index in [0.29, 0.717) is 23.9 Å². The van der Waals surface area contributed by atoms with Gasteiger partial charge in [-0.15, -0.1) is 0 Å². The van der Waals surface area contributed by atoms with Crippen LogP contribution in [0.25, 0.3) is 0 Å². The van der Waals surface area contributed by atoms with Crippen LogP contribution in [0.2, 0.25) is 0 Å². The highest BCUT2D eigenvalue weighted by Gasteiger charge is 2.46. The van der Waals surface area contributed by atoms with Crippen LogP contribution in [0.15, 0.2) is 30.3 Å². The van der Waals surface area contributed by atoms with Gasteiger partial charge in [0, 0.05) is 37.6 Å². The van der Waals surface area contributed by atoms with Gasteiger partial charge in [-0.3, -0.25) is 4.79 Å². The van der Waals surface area contributed by atoms with Crippen LogP contribution in [0.4, 0.5) is 0 Å². The molecule has 2 aliphatic carbocycles. The quantitative estimate of drug-likeness (QED) is 0.747. The van der Waals surface area contributed by atoms with Gasteiger partial charge in [0.25, 0.3) is 0 Å². The van der Waals surface area contributed by atoms with E-state index in [-0.39, 0.29) is 11.5 Å². The van der Waals surface area contributed by atoms with Crippen molar-refractivity contribution in [2.24, 2.45) is 11.8 Å². The van der Waals surface area contributed by atoms with E-state index in [2.05, 4.69) is 40.5 Å². The molecule has 4 aliphatic rings. The number of aliphatic carboxylic acids is 1. The Balaban J connectivity index is 1.04. The molecule has 1 aromatic carbocycles. The summed E-state index contributed by atoms with van der Waals surface area (Å²) in [4.78, 5) is 13.8. The zero-order valence-electron chi connectivity index (χ0n) is 18.0. The lowest BCUT2D eigenvalue weighted by Crippen LogP contribution is -2.46. The van der Waals surface area contributed by atoms with Gasteiger partial charge in [0.1, 0.15) is 0 Å². The summed E-state index contributed by atoms with van der Waals surface area (Å²) in [6.07, 6.45) is 8.56. The smallest absolute Gasteiger partial charge is 0.306 e. The van der Waals surface area contributed by atoms with Gasteiger partial charge < -0.3 is 20.1 Å². The van der Waals surface area contributed by atoms with Gasteiger partial charge in [-0.05, 0) is 62.8 Å². The van der Waals surface area contributed by atoms with Gasteiger partial charge in [-0.25, -0.2) is 0 Å². The summed E-state index contributed by atoms with van der Waals surface area (Å²) in [5, 5.41) is 13.1. The Kier molecular flexibility index (Phi) is 5.87. The lowest BCUT2D eigenvalue weighted by Gasteiger charge is -2.40. The van der Waals surface area contributed by atoms with Crippen molar-refractivity contribution in [1.29, 1.82) is 0 Å². The zero-order chi connectivity index (χ0) is 20.6. The van der Waals surface area contributed by atoms with Crippen LogP contribution in [-0.4, -0.2) is 59.9 Å². The van der Waals surface area contributed by atoms with Gasteiger partial charge in [-0.1, -0.05) is 30.3 Å². The number of piperidine rings is 1. The number of ether oxygens (including phenoxy) is 1. The number of carboxylic acids is 1. The first-order chi connectivity index (χ1) is 14.6. The Labute approximate surface area is 180 Å². The van der Waals surface area contributed by atoms with Gasteiger partial charge in [0.15, 0.2) is 0 Å². The highest BCUT2D eigenvalue weighted by Crippen LogP contribution is 2.43. The number of hydrogen-bond acceptors (Lipinski definition) is 4. The summed E-state index contributed by atoms with van der Waals surface area (Å²) in [5.74, 6) is 0.658. The minimum absolute atomic E-state index is 0.0896. The molecule has 164 valence electrons. The molecule has 30 heavy (non-hydrogen) atoms. The maximum atomic E-state index is 11.2. The maximum Gasteiger partial charge on any atom is 0.306 e. The van der Waals surface area contributed by atoms with Crippen LogP contribution < -0.4 is 5.32 Å². The van der Waals surface area contributed by atoms with Crippen molar-refractivity contribution in [3.8, 4) is 0 Å². The van der Waals surface area contributed by atoms with Crippen LogP contribution >= 0.6 is 0 Å². The molecule has 0 bridgehead atoms. The predicted octanol–water partition coefficient (Wildman–Crippen LogP) is 3.65. The standard InChI is InChI=1S/C25H36N2O3/c28-24(29)20-8-6-18(7-9-20)16-27-12-10-25(11-13-27)15-21(17-30-25)26-23-14-22(23)19-4-2-1-3-5-19/h1-5,18,20-23,26H,6-17H2,(H,28,29)/t18?,20?,21?,22-,23+/m0/s1. The van der Waals surface area contributed by atoms with Crippen LogP contribution in [0.1, 0.15) is 62.8 Å².